The van der Waals surface area contributed by atoms with Crippen LogP contribution in [0.1, 0.15) is 30.2 Å². The number of amides is 1. The van der Waals surface area contributed by atoms with E-state index in [4.69, 9.17) is 14.9 Å². The van der Waals surface area contributed by atoms with E-state index < -0.39 is 5.54 Å². The van der Waals surface area contributed by atoms with Crippen molar-refractivity contribution in [3.8, 4) is 5.75 Å². The van der Waals surface area contributed by atoms with Crippen molar-refractivity contribution >= 4 is 5.91 Å². The normalized spacial score (nSPS) is 11.3. The molecule has 3 N–H and O–H groups in total. The van der Waals surface area contributed by atoms with Crippen molar-refractivity contribution in [3.63, 3.8) is 0 Å². The van der Waals surface area contributed by atoms with E-state index in [1.54, 1.807) is 12.1 Å². The van der Waals surface area contributed by atoms with Gasteiger partial charge < -0.3 is 20.2 Å². The highest BCUT2D eigenvalue weighted by Crippen LogP contribution is 2.15. The molecule has 0 aliphatic heterocycles. The number of hydrogen-bond donors (Lipinski definition) is 2. The minimum Gasteiger partial charge on any atom is -0.486 e. The summed E-state index contributed by atoms with van der Waals surface area (Å²) < 4.78 is 23.7. The van der Waals surface area contributed by atoms with Crippen LogP contribution in [-0.2, 0) is 6.61 Å². The monoisotopic (exact) mass is 306 g/mol. The van der Waals surface area contributed by atoms with E-state index >= 15 is 0 Å². The Morgan fingerprint density at radius 3 is 2.59 bits per heavy atom. The van der Waals surface area contributed by atoms with E-state index in [0.29, 0.717) is 18.1 Å². The summed E-state index contributed by atoms with van der Waals surface area (Å²) >= 11 is 0. The maximum atomic E-state index is 12.8. The second-order valence-corrected chi connectivity index (χ2v) is 5.55. The van der Waals surface area contributed by atoms with Crippen LogP contribution in [-0.4, -0.2) is 18.0 Å². The van der Waals surface area contributed by atoms with Crippen molar-refractivity contribution in [2.24, 2.45) is 5.73 Å². The number of hydrogen-bond acceptors (Lipinski definition) is 4. The van der Waals surface area contributed by atoms with Gasteiger partial charge in [0.05, 0.1) is 0 Å². The molecule has 0 radical (unpaired) electrons. The van der Waals surface area contributed by atoms with Crippen LogP contribution in [0.2, 0.25) is 0 Å². The van der Waals surface area contributed by atoms with E-state index in [9.17, 15) is 9.18 Å². The highest BCUT2D eigenvalue weighted by atomic mass is 19.1. The molecule has 0 unspecified atom stereocenters. The largest absolute Gasteiger partial charge is 0.486 e. The zero-order valence-corrected chi connectivity index (χ0v) is 12.6. The number of ether oxygens (including phenoxy) is 1. The number of carbonyl (C=O) groups excluding carboxylic acids is 1. The molecule has 1 amide bonds. The fraction of sp³-hybridized carbons (Fsp3) is 0.312. The van der Waals surface area contributed by atoms with Gasteiger partial charge >= 0.3 is 0 Å². The van der Waals surface area contributed by atoms with E-state index in [-0.39, 0.29) is 24.1 Å². The van der Waals surface area contributed by atoms with Gasteiger partial charge in [0.25, 0.3) is 5.91 Å². The fourth-order valence-electron chi connectivity index (χ4n) is 1.68. The molecule has 6 heteroatoms. The standard InChI is InChI=1S/C16H19FN2O3/c1-16(2,10-18)19-15(20)14-8-7-13(22-14)9-21-12-5-3-11(17)4-6-12/h3-8H,9-10,18H2,1-2H3,(H,19,20). The van der Waals surface area contributed by atoms with Gasteiger partial charge in [-0.05, 0) is 50.2 Å². The Balaban J connectivity index is 1.93. The van der Waals surface area contributed by atoms with Crippen LogP contribution in [0.15, 0.2) is 40.8 Å². The van der Waals surface area contributed by atoms with Crippen LogP contribution < -0.4 is 15.8 Å². The molecule has 22 heavy (non-hydrogen) atoms. The van der Waals surface area contributed by atoms with Crippen molar-refractivity contribution < 1.29 is 18.3 Å². The van der Waals surface area contributed by atoms with Crippen molar-refractivity contribution in [1.82, 2.24) is 5.32 Å². The second kappa shape index (κ2) is 6.62. The molecule has 118 valence electrons. The second-order valence-electron chi connectivity index (χ2n) is 5.55. The van der Waals surface area contributed by atoms with Gasteiger partial charge in [0.1, 0.15) is 23.9 Å². The van der Waals surface area contributed by atoms with Crippen LogP contribution in [0.25, 0.3) is 0 Å². The average molecular weight is 306 g/mol. The molecule has 0 fully saturated rings. The third kappa shape index (κ3) is 4.33. The highest BCUT2D eigenvalue weighted by molar-refractivity contribution is 5.92. The van der Waals surface area contributed by atoms with Crippen molar-refractivity contribution in [1.29, 1.82) is 0 Å². The van der Waals surface area contributed by atoms with Gasteiger partial charge in [-0.3, -0.25) is 4.79 Å². The molecule has 0 aliphatic rings. The molecule has 5 nitrogen and oxygen atoms in total. The van der Waals surface area contributed by atoms with Crippen LogP contribution in [0.5, 0.6) is 5.75 Å². The summed E-state index contributed by atoms with van der Waals surface area (Å²) in [6, 6.07) is 8.90. The van der Waals surface area contributed by atoms with Crippen LogP contribution in [0.3, 0.4) is 0 Å². The van der Waals surface area contributed by atoms with Crippen LogP contribution >= 0.6 is 0 Å². The van der Waals surface area contributed by atoms with Gasteiger partial charge in [-0.15, -0.1) is 0 Å². The third-order valence-electron chi connectivity index (χ3n) is 3.04. The molecular weight excluding hydrogens is 287 g/mol. The Hall–Kier alpha value is -2.34. The Morgan fingerprint density at radius 2 is 1.95 bits per heavy atom. The fourth-order valence-corrected chi connectivity index (χ4v) is 1.68. The van der Waals surface area contributed by atoms with Gasteiger partial charge in [-0.25, -0.2) is 4.39 Å². The van der Waals surface area contributed by atoms with Gasteiger partial charge in [0.2, 0.25) is 0 Å². The highest BCUT2D eigenvalue weighted by Gasteiger charge is 2.21. The molecule has 2 rings (SSSR count). The molecule has 2 aromatic rings. The summed E-state index contributed by atoms with van der Waals surface area (Å²) in [6.45, 7) is 4.12. The summed E-state index contributed by atoms with van der Waals surface area (Å²) in [4.78, 5) is 12.0. The van der Waals surface area contributed by atoms with E-state index in [2.05, 4.69) is 5.32 Å². The predicted molar refractivity (Wildman–Crippen MR) is 80.0 cm³/mol. The predicted octanol–water partition coefficient (Wildman–Crippen LogP) is 2.46. The summed E-state index contributed by atoms with van der Waals surface area (Å²) in [5, 5.41) is 2.78. The molecule has 0 saturated carbocycles. The molecule has 1 aromatic carbocycles. The van der Waals surface area contributed by atoms with E-state index in [1.807, 2.05) is 13.8 Å². The number of rotatable bonds is 6. The van der Waals surface area contributed by atoms with Gasteiger partial charge in [0, 0.05) is 12.1 Å². The maximum absolute atomic E-state index is 12.8. The summed E-state index contributed by atoms with van der Waals surface area (Å²) in [6.07, 6.45) is 0. The molecule has 0 spiro atoms. The molecule has 1 aromatic heterocycles. The molecule has 0 aliphatic carbocycles. The minimum atomic E-state index is -0.505. The zero-order chi connectivity index (χ0) is 16.2. The molecular formula is C16H19FN2O3. The first-order valence-corrected chi connectivity index (χ1v) is 6.89. The topological polar surface area (TPSA) is 77.5 Å². The van der Waals surface area contributed by atoms with Crippen molar-refractivity contribution in [2.75, 3.05) is 6.54 Å². The summed E-state index contributed by atoms with van der Waals surface area (Å²) in [5.41, 5.74) is 5.06. The Kier molecular flexibility index (Phi) is 4.82. The molecule has 0 bridgehead atoms. The van der Waals surface area contributed by atoms with Gasteiger partial charge in [0.15, 0.2) is 5.76 Å². The van der Waals surface area contributed by atoms with E-state index in [1.165, 1.54) is 24.3 Å². The summed E-state index contributed by atoms with van der Waals surface area (Å²) in [7, 11) is 0. The van der Waals surface area contributed by atoms with Gasteiger partial charge in [-0.2, -0.15) is 0 Å². The number of nitrogens with two attached hydrogens (primary N) is 1. The van der Waals surface area contributed by atoms with Crippen LogP contribution in [0, 0.1) is 5.82 Å². The zero-order valence-electron chi connectivity index (χ0n) is 12.6. The Morgan fingerprint density at radius 1 is 1.27 bits per heavy atom. The number of furan rings is 1. The van der Waals surface area contributed by atoms with Crippen LogP contribution in [0.4, 0.5) is 4.39 Å². The lowest BCUT2D eigenvalue weighted by Crippen LogP contribution is -2.48. The number of benzene rings is 1. The lowest BCUT2D eigenvalue weighted by atomic mass is 10.1. The van der Waals surface area contributed by atoms with Crippen molar-refractivity contribution in [3.05, 3.63) is 53.7 Å². The Labute approximate surface area is 128 Å². The minimum absolute atomic E-state index is 0.152. The lowest BCUT2D eigenvalue weighted by Gasteiger charge is -2.23. The quantitative estimate of drug-likeness (QED) is 0.859. The molecule has 0 saturated heterocycles. The SMILES string of the molecule is CC(C)(CN)NC(=O)c1ccc(COc2ccc(F)cc2)o1. The number of carbonyl (C=O) groups is 1. The average Bonchev–Trinajstić information content (AvgIpc) is 2.95. The molecule has 0 atom stereocenters. The van der Waals surface area contributed by atoms with Gasteiger partial charge in [-0.1, -0.05) is 0 Å². The lowest BCUT2D eigenvalue weighted by molar-refractivity contribution is 0.0883. The first-order chi connectivity index (χ1) is 10.4. The van der Waals surface area contributed by atoms with Crippen molar-refractivity contribution in [2.45, 2.75) is 26.0 Å². The summed E-state index contributed by atoms with van der Waals surface area (Å²) in [5.74, 6) is 0.558. The number of nitrogens with one attached hydrogen (secondary N) is 1. The first kappa shape index (κ1) is 16.0. The Bertz CT molecular complexity index is 635. The van der Waals surface area contributed by atoms with E-state index in [0.717, 1.165) is 0 Å². The molecule has 1 heterocycles. The number of halogens is 1. The smallest absolute Gasteiger partial charge is 0.287 e. The first-order valence-electron chi connectivity index (χ1n) is 6.89. The third-order valence-corrected chi connectivity index (χ3v) is 3.04. The maximum Gasteiger partial charge on any atom is 0.287 e.